The van der Waals surface area contributed by atoms with Gasteiger partial charge in [-0.15, -0.1) is 5.10 Å². The molecular formula is C20H24N6O. The van der Waals surface area contributed by atoms with Crippen LogP contribution in [0.15, 0.2) is 24.3 Å². The Labute approximate surface area is 158 Å². The SMILES string of the molecule is CNC(=O)C1CCN(c2nnc(C)c3c(C)n(-c4ccc(C)cc4)nc23)C1. The van der Waals surface area contributed by atoms with Crippen molar-refractivity contribution < 1.29 is 4.79 Å². The summed E-state index contributed by atoms with van der Waals surface area (Å²) in [6.45, 7) is 7.52. The second kappa shape index (κ2) is 6.64. The Morgan fingerprint density at radius 1 is 1.15 bits per heavy atom. The lowest BCUT2D eigenvalue weighted by atomic mass is 10.1. The molecule has 2 aromatic heterocycles. The molecule has 1 saturated heterocycles. The van der Waals surface area contributed by atoms with Crippen LogP contribution in [0.1, 0.15) is 23.4 Å². The predicted octanol–water partition coefficient (Wildman–Crippen LogP) is 2.31. The summed E-state index contributed by atoms with van der Waals surface area (Å²) in [5.74, 6) is 0.819. The molecule has 0 spiro atoms. The largest absolute Gasteiger partial charge is 0.359 e. The highest BCUT2D eigenvalue weighted by molar-refractivity contribution is 5.93. The summed E-state index contributed by atoms with van der Waals surface area (Å²) in [6.07, 6.45) is 0.814. The van der Waals surface area contributed by atoms with Gasteiger partial charge in [-0.2, -0.15) is 10.2 Å². The molecule has 7 nitrogen and oxygen atoms in total. The third-order valence-corrected chi connectivity index (χ3v) is 5.37. The zero-order valence-electron chi connectivity index (χ0n) is 16.2. The van der Waals surface area contributed by atoms with E-state index in [1.807, 2.05) is 11.6 Å². The molecule has 1 N–H and O–H groups in total. The summed E-state index contributed by atoms with van der Waals surface area (Å²) in [6, 6.07) is 8.31. The molecular weight excluding hydrogens is 340 g/mol. The van der Waals surface area contributed by atoms with Gasteiger partial charge in [-0.1, -0.05) is 17.7 Å². The predicted molar refractivity (Wildman–Crippen MR) is 105 cm³/mol. The molecule has 0 aliphatic carbocycles. The van der Waals surface area contributed by atoms with Crippen molar-refractivity contribution in [1.29, 1.82) is 0 Å². The van der Waals surface area contributed by atoms with Gasteiger partial charge in [0, 0.05) is 20.1 Å². The maximum atomic E-state index is 12.0. The topological polar surface area (TPSA) is 75.9 Å². The van der Waals surface area contributed by atoms with E-state index >= 15 is 0 Å². The number of nitrogens with one attached hydrogen (secondary N) is 1. The van der Waals surface area contributed by atoms with Crippen LogP contribution < -0.4 is 10.2 Å². The standard InChI is InChI=1S/C20H24N6O/c1-12-5-7-16(8-6-12)26-14(3)17-13(2)22-23-19(18(17)24-26)25-10-9-15(11-25)20(27)21-4/h5-8,15H,9-11H2,1-4H3,(H,21,27). The van der Waals surface area contributed by atoms with Crippen LogP contribution in [0.2, 0.25) is 0 Å². The third-order valence-electron chi connectivity index (χ3n) is 5.37. The molecule has 4 rings (SSSR count). The second-order valence-corrected chi connectivity index (χ2v) is 7.21. The fourth-order valence-electron chi connectivity index (χ4n) is 3.83. The van der Waals surface area contributed by atoms with Crippen LogP contribution in [0.4, 0.5) is 5.82 Å². The van der Waals surface area contributed by atoms with Gasteiger partial charge in [-0.05, 0) is 39.3 Å². The average molecular weight is 364 g/mol. The van der Waals surface area contributed by atoms with E-state index in [0.29, 0.717) is 6.54 Å². The first-order valence-corrected chi connectivity index (χ1v) is 9.25. The van der Waals surface area contributed by atoms with Crippen molar-refractivity contribution in [3.8, 4) is 5.69 Å². The van der Waals surface area contributed by atoms with Gasteiger partial charge in [-0.3, -0.25) is 4.79 Å². The van der Waals surface area contributed by atoms with E-state index in [1.165, 1.54) is 5.56 Å². The van der Waals surface area contributed by atoms with Gasteiger partial charge in [-0.25, -0.2) is 4.68 Å². The maximum Gasteiger partial charge on any atom is 0.224 e. The van der Waals surface area contributed by atoms with Crippen molar-refractivity contribution in [2.24, 2.45) is 5.92 Å². The number of aromatic nitrogens is 4. The number of amides is 1. The summed E-state index contributed by atoms with van der Waals surface area (Å²) in [5, 5.41) is 17.5. The van der Waals surface area contributed by atoms with E-state index in [1.54, 1.807) is 7.05 Å². The minimum absolute atomic E-state index is 0.0200. The summed E-state index contributed by atoms with van der Waals surface area (Å²) in [7, 11) is 1.68. The van der Waals surface area contributed by atoms with Crippen LogP contribution >= 0.6 is 0 Å². The summed E-state index contributed by atoms with van der Waals surface area (Å²) < 4.78 is 1.95. The number of hydrogen-bond acceptors (Lipinski definition) is 5. The van der Waals surface area contributed by atoms with E-state index in [9.17, 15) is 4.79 Å². The maximum absolute atomic E-state index is 12.0. The van der Waals surface area contributed by atoms with Crippen LogP contribution in [0.25, 0.3) is 16.6 Å². The van der Waals surface area contributed by atoms with Crippen molar-refractivity contribution >= 4 is 22.6 Å². The Hall–Kier alpha value is -2.96. The smallest absolute Gasteiger partial charge is 0.224 e. The van der Waals surface area contributed by atoms with Gasteiger partial charge in [0.25, 0.3) is 0 Å². The zero-order valence-corrected chi connectivity index (χ0v) is 16.2. The molecule has 1 amide bonds. The minimum Gasteiger partial charge on any atom is -0.359 e. The van der Waals surface area contributed by atoms with E-state index in [2.05, 4.69) is 58.5 Å². The Balaban J connectivity index is 1.79. The molecule has 0 radical (unpaired) electrons. The Morgan fingerprint density at radius 3 is 2.59 bits per heavy atom. The van der Waals surface area contributed by atoms with Crippen molar-refractivity contribution in [2.75, 3.05) is 25.0 Å². The van der Waals surface area contributed by atoms with Gasteiger partial charge in [0.2, 0.25) is 5.91 Å². The van der Waals surface area contributed by atoms with Crippen molar-refractivity contribution in [1.82, 2.24) is 25.3 Å². The van der Waals surface area contributed by atoms with Gasteiger partial charge < -0.3 is 10.2 Å². The number of hydrogen-bond donors (Lipinski definition) is 1. The minimum atomic E-state index is -0.0200. The fraction of sp³-hybridized carbons (Fsp3) is 0.400. The van der Waals surface area contributed by atoms with Gasteiger partial charge in [0.05, 0.1) is 28.4 Å². The van der Waals surface area contributed by atoms with Crippen LogP contribution in [-0.4, -0.2) is 46.0 Å². The number of carbonyl (C=O) groups excluding carboxylic acids is 1. The lowest BCUT2D eigenvalue weighted by Crippen LogP contribution is -2.30. The molecule has 140 valence electrons. The molecule has 3 heterocycles. The van der Waals surface area contributed by atoms with Crippen LogP contribution in [-0.2, 0) is 4.79 Å². The molecule has 1 aliphatic rings. The highest BCUT2D eigenvalue weighted by Gasteiger charge is 2.31. The van der Waals surface area contributed by atoms with Gasteiger partial charge in [0.15, 0.2) is 5.82 Å². The first-order chi connectivity index (χ1) is 13.0. The fourth-order valence-corrected chi connectivity index (χ4v) is 3.83. The number of benzene rings is 1. The molecule has 7 heteroatoms. The van der Waals surface area contributed by atoms with Crippen LogP contribution in [0, 0.1) is 26.7 Å². The number of anilines is 1. The summed E-state index contributed by atoms with van der Waals surface area (Å²) >= 11 is 0. The first-order valence-electron chi connectivity index (χ1n) is 9.25. The first kappa shape index (κ1) is 17.5. The molecule has 1 unspecified atom stereocenters. The number of nitrogens with zero attached hydrogens (tertiary/aromatic N) is 5. The Morgan fingerprint density at radius 2 is 1.89 bits per heavy atom. The monoisotopic (exact) mass is 364 g/mol. The normalized spacial score (nSPS) is 16.9. The van der Waals surface area contributed by atoms with Gasteiger partial charge in [0.1, 0.15) is 5.52 Å². The quantitative estimate of drug-likeness (QED) is 0.772. The summed E-state index contributed by atoms with van der Waals surface area (Å²) in [4.78, 5) is 14.1. The second-order valence-electron chi connectivity index (χ2n) is 7.21. The van der Waals surface area contributed by atoms with Crippen LogP contribution in [0.3, 0.4) is 0 Å². The molecule has 0 saturated carbocycles. The molecule has 1 fully saturated rings. The van der Waals surface area contributed by atoms with Crippen LogP contribution in [0.5, 0.6) is 0 Å². The van der Waals surface area contributed by atoms with Gasteiger partial charge >= 0.3 is 0 Å². The molecule has 27 heavy (non-hydrogen) atoms. The number of carbonyl (C=O) groups is 1. The number of fused-ring (bicyclic) bond motifs is 1. The Bertz CT molecular complexity index is 1010. The number of rotatable bonds is 3. The van der Waals surface area contributed by atoms with E-state index in [-0.39, 0.29) is 11.8 Å². The third kappa shape index (κ3) is 2.93. The van der Waals surface area contributed by atoms with E-state index in [4.69, 9.17) is 5.10 Å². The lowest BCUT2D eigenvalue weighted by Gasteiger charge is -2.17. The molecule has 1 aromatic carbocycles. The summed E-state index contributed by atoms with van der Waals surface area (Å²) in [5.41, 5.74) is 4.99. The molecule has 1 atom stereocenters. The molecule has 3 aromatic rings. The average Bonchev–Trinajstić information content (AvgIpc) is 3.28. The molecule has 0 bridgehead atoms. The van der Waals surface area contributed by atoms with Crippen molar-refractivity contribution in [2.45, 2.75) is 27.2 Å². The van der Waals surface area contributed by atoms with Crippen molar-refractivity contribution in [3.63, 3.8) is 0 Å². The zero-order chi connectivity index (χ0) is 19.1. The molecule has 1 aliphatic heterocycles. The highest BCUT2D eigenvalue weighted by atomic mass is 16.1. The highest BCUT2D eigenvalue weighted by Crippen LogP contribution is 2.32. The van der Waals surface area contributed by atoms with E-state index < -0.39 is 0 Å². The van der Waals surface area contributed by atoms with Crippen molar-refractivity contribution in [3.05, 3.63) is 41.2 Å². The van der Waals surface area contributed by atoms with E-state index in [0.717, 1.165) is 46.8 Å². The lowest BCUT2D eigenvalue weighted by molar-refractivity contribution is -0.123. The Kier molecular flexibility index (Phi) is 4.30. The number of aryl methyl sites for hydroxylation is 3.